The Morgan fingerprint density at radius 1 is 1.00 bits per heavy atom. The van der Waals surface area contributed by atoms with Gasteiger partial charge < -0.3 is 20.5 Å². The van der Waals surface area contributed by atoms with Crippen molar-refractivity contribution in [3.05, 3.63) is 88.4 Å². The van der Waals surface area contributed by atoms with Crippen LogP contribution in [-0.4, -0.2) is 35.7 Å². The summed E-state index contributed by atoms with van der Waals surface area (Å²) in [6, 6.07) is 19.9. The second kappa shape index (κ2) is 10.6. The van der Waals surface area contributed by atoms with Gasteiger partial charge in [-0.15, -0.1) is 0 Å². The van der Waals surface area contributed by atoms with Crippen molar-refractivity contribution < 1.29 is 24.2 Å². The van der Waals surface area contributed by atoms with Gasteiger partial charge in [-0.2, -0.15) is 0 Å². The summed E-state index contributed by atoms with van der Waals surface area (Å²) in [5.41, 5.74) is 4.55. The fourth-order valence-electron chi connectivity index (χ4n) is 4.33. The van der Waals surface area contributed by atoms with E-state index < -0.39 is 24.0 Å². The number of anilines is 1. The lowest BCUT2D eigenvalue weighted by Crippen LogP contribution is -2.38. The number of carboxylic acid groups (broad SMARTS) is 1. The average Bonchev–Trinajstić information content (AvgIpc) is 3.17. The van der Waals surface area contributed by atoms with Crippen LogP contribution in [0.5, 0.6) is 0 Å². The number of halogens is 1. The maximum atomic E-state index is 12.6. The number of benzene rings is 3. The van der Waals surface area contributed by atoms with Gasteiger partial charge in [-0.05, 0) is 46.9 Å². The zero-order chi connectivity index (χ0) is 24.9. The fraction of sp³-hybridized carbons (Fsp3) is 0.222. The second-order valence-electron chi connectivity index (χ2n) is 8.32. The standard InChI is InChI=1S/C27H25ClN2O5/c1-2-17(14-25(31)30-24-12-11-16(28)13-22(24)26(32)33)29-27(34)35-15-23-20-9-5-3-7-18(20)19-8-4-6-10-21(19)23/h3-13,17,23H,2,14-15H2,1H3,(H,29,34)(H,30,31)(H,32,33)/t17-/m0/s1. The molecule has 180 valence electrons. The number of ether oxygens (including phenoxy) is 1. The average molecular weight is 493 g/mol. The van der Waals surface area contributed by atoms with E-state index in [1.165, 1.54) is 18.2 Å². The van der Waals surface area contributed by atoms with Crippen molar-refractivity contribution in [2.45, 2.75) is 31.7 Å². The number of carbonyl (C=O) groups excluding carboxylic acids is 2. The third-order valence-corrected chi connectivity index (χ3v) is 6.31. The van der Waals surface area contributed by atoms with Crippen molar-refractivity contribution in [2.24, 2.45) is 0 Å². The van der Waals surface area contributed by atoms with Crippen LogP contribution >= 0.6 is 11.6 Å². The maximum absolute atomic E-state index is 12.6. The van der Waals surface area contributed by atoms with E-state index in [0.29, 0.717) is 6.42 Å². The van der Waals surface area contributed by atoms with Crippen LogP contribution in [0.3, 0.4) is 0 Å². The number of aromatic carboxylic acids is 1. The first-order valence-corrected chi connectivity index (χ1v) is 11.7. The zero-order valence-corrected chi connectivity index (χ0v) is 19.8. The van der Waals surface area contributed by atoms with Gasteiger partial charge in [-0.1, -0.05) is 67.1 Å². The minimum atomic E-state index is -1.20. The molecule has 3 aromatic rings. The monoisotopic (exact) mass is 492 g/mol. The molecule has 0 bridgehead atoms. The molecule has 4 rings (SSSR count). The Labute approximate surface area is 208 Å². The van der Waals surface area contributed by atoms with Gasteiger partial charge in [0.15, 0.2) is 0 Å². The molecule has 0 radical (unpaired) electrons. The molecule has 0 spiro atoms. The number of hydrogen-bond acceptors (Lipinski definition) is 4. The number of nitrogens with one attached hydrogen (secondary N) is 2. The quantitative estimate of drug-likeness (QED) is 0.375. The predicted molar refractivity (Wildman–Crippen MR) is 134 cm³/mol. The number of fused-ring (bicyclic) bond motifs is 3. The highest BCUT2D eigenvalue weighted by Gasteiger charge is 2.29. The fourth-order valence-corrected chi connectivity index (χ4v) is 4.50. The number of amides is 2. The molecule has 8 heteroatoms. The summed E-state index contributed by atoms with van der Waals surface area (Å²) >= 11 is 5.86. The molecule has 0 heterocycles. The van der Waals surface area contributed by atoms with Crippen LogP contribution in [0.25, 0.3) is 11.1 Å². The molecule has 0 saturated carbocycles. The molecule has 3 N–H and O–H groups in total. The highest BCUT2D eigenvalue weighted by Crippen LogP contribution is 2.44. The first-order chi connectivity index (χ1) is 16.9. The number of rotatable bonds is 8. The van der Waals surface area contributed by atoms with E-state index in [1.54, 1.807) is 0 Å². The first kappa shape index (κ1) is 24.3. The zero-order valence-electron chi connectivity index (χ0n) is 19.1. The van der Waals surface area contributed by atoms with Crippen LogP contribution in [-0.2, 0) is 9.53 Å². The van der Waals surface area contributed by atoms with Gasteiger partial charge >= 0.3 is 12.1 Å². The van der Waals surface area contributed by atoms with Crippen LogP contribution < -0.4 is 10.6 Å². The molecule has 1 aliphatic rings. The van der Waals surface area contributed by atoms with Crippen LogP contribution in [0, 0.1) is 0 Å². The van der Waals surface area contributed by atoms with Gasteiger partial charge in [-0.25, -0.2) is 9.59 Å². The smallest absolute Gasteiger partial charge is 0.407 e. The number of carbonyl (C=O) groups is 3. The van der Waals surface area contributed by atoms with E-state index in [-0.39, 0.29) is 35.2 Å². The number of alkyl carbamates (subject to hydrolysis) is 1. The van der Waals surface area contributed by atoms with E-state index in [2.05, 4.69) is 22.8 Å². The minimum Gasteiger partial charge on any atom is -0.478 e. The lowest BCUT2D eigenvalue weighted by atomic mass is 9.98. The lowest BCUT2D eigenvalue weighted by molar-refractivity contribution is -0.116. The molecular weight excluding hydrogens is 468 g/mol. The Morgan fingerprint density at radius 3 is 2.23 bits per heavy atom. The highest BCUT2D eigenvalue weighted by molar-refractivity contribution is 6.31. The van der Waals surface area contributed by atoms with Crippen LogP contribution in [0.15, 0.2) is 66.7 Å². The molecule has 0 fully saturated rings. The third-order valence-electron chi connectivity index (χ3n) is 6.08. The summed E-state index contributed by atoms with van der Waals surface area (Å²) in [7, 11) is 0. The summed E-state index contributed by atoms with van der Waals surface area (Å²) in [6.45, 7) is 2.02. The Balaban J connectivity index is 1.35. The van der Waals surface area contributed by atoms with Crippen molar-refractivity contribution in [1.82, 2.24) is 5.32 Å². The van der Waals surface area contributed by atoms with E-state index in [4.69, 9.17) is 16.3 Å². The van der Waals surface area contributed by atoms with E-state index in [1.807, 2.05) is 43.3 Å². The third kappa shape index (κ3) is 5.46. The summed E-state index contributed by atoms with van der Waals surface area (Å²) in [6.07, 6.45) is -0.156. The molecule has 3 aromatic carbocycles. The molecule has 1 aliphatic carbocycles. The topological polar surface area (TPSA) is 105 Å². The summed E-state index contributed by atoms with van der Waals surface area (Å²) in [5, 5.41) is 14.9. The maximum Gasteiger partial charge on any atom is 0.407 e. The van der Waals surface area contributed by atoms with Gasteiger partial charge in [0.2, 0.25) is 5.91 Å². The summed E-state index contributed by atoms with van der Waals surface area (Å²) in [5.74, 6) is -1.69. The SMILES string of the molecule is CC[C@@H](CC(=O)Nc1ccc(Cl)cc1C(=O)O)NC(=O)OCC1c2ccccc2-c2ccccc21. The molecule has 1 atom stereocenters. The summed E-state index contributed by atoms with van der Waals surface area (Å²) in [4.78, 5) is 36.5. The molecule has 0 saturated heterocycles. The van der Waals surface area contributed by atoms with Gasteiger partial charge in [0.05, 0.1) is 11.3 Å². The molecule has 0 unspecified atom stereocenters. The lowest BCUT2D eigenvalue weighted by Gasteiger charge is -2.19. The largest absolute Gasteiger partial charge is 0.478 e. The normalized spacial score (nSPS) is 12.9. The van der Waals surface area contributed by atoms with Crippen LogP contribution in [0.4, 0.5) is 10.5 Å². The Morgan fingerprint density at radius 2 is 1.63 bits per heavy atom. The summed E-state index contributed by atoms with van der Waals surface area (Å²) < 4.78 is 5.56. The van der Waals surface area contributed by atoms with Crippen molar-refractivity contribution in [3.8, 4) is 11.1 Å². The van der Waals surface area contributed by atoms with Gasteiger partial charge in [-0.3, -0.25) is 4.79 Å². The number of carboxylic acids is 1. The van der Waals surface area contributed by atoms with Gasteiger partial charge in [0.25, 0.3) is 0 Å². The first-order valence-electron chi connectivity index (χ1n) is 11.3. The minimum absolute atomic E-state index is 0.0393. The predicted octanol–water partition coefficient (Wildman–Crippen LogP) is 5.68. The molecule has 35 heavy (non-hydrogen) atoms. The van der Waals surface area contributed by atoms with Crippen LogP contribution in [0.2, 0.25) is 5.02 Å². The van der Waals surface area contributed by atoms with Crippen molar-refractivity contribution in [2.75, 3.05) is 11.9 Å². The van der Waals surface area contributed by atoms with E-state index in [9.17, 15) is 19.5 Å². The van der Waals surface area contributed by atoms with E-state index >= 15 is 0 Å². The van der Waals surface area contributed by atoms with Gasteiger partial charge in [0.1, 0.15) is 6.61 Å². The Kier molecular flexibility index (Phi) is 7.36. The molecule has 7 nitrogen and oxygen atoms in total. The van der Waals surface area contributed by atoms with Crippen molar-refractivity contribution in [3.63, 3.8) is 0 Å². The van der Waals surface area contributed by atoms with Crippen molar-refractivity contribution in [1.29, 1.82) is 0 Å². The van der Waals surface area contributed by atoms with E-state index in [0.717, 1.165) is 22.3 Å². The molecular formula is C27H25ClN2O5. The molecule has 0 aromatic heterocycles. The Bertz CT molecular complexity index is 1230. The Hall–Kier alpha value is -3.84. The second-order valence-corrected chi connectivity index (χ2v) is 8.76. The number of hydrogen-bond donors (Lipinski definition) is 3. The van der Waals surface area contributed by atoms with Gasteiger partial charge in [0, 0.05) is 23.4 Å². The van der Waals surface area contributed by atoms with Crippen LogP contribution in [0.1, 0.15) is 47.2 Å². The molecule has 0 aliphatic heterocycles. The highest BCUT2D eigenvalue weighted by atomic mass is 35.5. The van der Waals surface area contributed by atoms with Crippen molar-refractivity contribution >= 4 is 35.3 Å². The molecule has 2 amide bonds.